The van der Waals surface area contributed by atoms with Crippen molar-refractivity contribution in [3.8, 4) is 22.6 Å². The number of nitrogens with zero attached hydrogens (tertiary/aromatic N) is 2. The standard InChI is InChI=1S/C28H24N4O3S/c1-17-24(18-10-6-4-7-11-18)25-26(29-16-30-28(25)36-17)31-20-14-23(35-3)21(15-22(20)34-2)32-27(33)19-12-8-5-9-13-19/h4-16H,1-3H3,(H,32,33)(H,29,30,31). The molecule has 8 heteroatoms. The van der Waals surface area contributed by atoms with Gasteiger partial charge in [0.15, 0.2) is 0 Å². The second-order valence-corrected chi connectivity index (χ2v) is 9.20. The van der Waals surface area contributed by atoms with Crippen LogP contribution in [0.25, 0.3) is 21.3 Å². The van der Waals surface area contributed by atoms with Gasteiger partial charge in [-0.15, -0.1) is 11.3 Å². The number of thiophene rings is 1. The molecule has 0 aliphatic heterocycles. The average Bonchev–Trinajstić information content (AvgIpc) is 3.26. The summed E-state index contributed by atoms with van der Waals surface area (Å²) in [5.41, 5.74) is 3.89. The minimum Gasteiger partial charge on any atom is -0.494 e. The molecule has 3 aromatic carbocycles. The molecule has 0 fully saturated rings. The maximum absolute atomic E-state index is 12.7. The highest BCUT2D eigenvalue weighted by molar-refractivity contribution is 7.19. The Kier molecular flexibility index (Phi) is 6.51. The van der Waals surface area contributed by atoms with E-state index in [1.54, 1.807) is 56.1 Å². The average molecular weight is 497 g/mol. The van der Waals surface area contributed by atoms with Crippen LogP contribution in [0.3, 0.4) is 0 Å². The zero-order valence-corrected chi connectivity index (χ0v) is 20.8. The molecule has 5 rings (SSSR count). The van der Waals surface area contributed by atoms with Crippen LogP contribution in [-0.4, -0.2) is 30.1 Å². The van der Waals surface area contributed by atoms with Crippen LogP contribution in [0.4, 0.5) is 17.2 Å². The fraction of sp³-hybridized carbons (Fsp3) is 0.107. The van der Waals surface area contributed by atoms with Crippen molar-refractivity contribution in [3.63, 3.8) is 0 Å². The number of benzene rings is 3. The number of nitrogens with one attached hydrogen (secondary N) is 2. The summed E-state index contributed by atoms with van der Waals surface area (Å²) in [6.45, 7) is 2.09. The molecule has 0 bridgehead atoms. The fourth-order valence-electron chi connectivity index (χ4n) is 4.10. The molecule has 2 aromatic heterocycles. The number of ether oxygens (including phenoxy) is 2. The van der Waals surface area contributed by atoms with E-state index in [0.717, 1.165) is 26.2 Å². The third-order valence-electron chi connectivity index (χ3n) is 5.79. The second kappa shape index (κ2) is 10.1. The number of aryl methyl sites for hydroxylation is 1. The van der Waals surface area contributed by atoms with Gasteiger partial charge in [0.25, 0.3) is 5.91 Å². The molecule has 0 atom stereocenters. The smallest absolute Gasteiger partial charge is 0.255 e. The summed E-state index contributed by atoms with van der Waals surface area (Å²) in [6, 6.07) is 22.7. The molecule has 180 valence electrons. The van der Waals surface area contributed by atoms with Crippen molar-refractivity contribution >= 4 is 44.7 Å². The van der Waals surface area contributed by atoms with Gasteiger partial charge in [-0.1, -0.05) is 48.5 Å². The van der Waals surface area contributed by atoms with Gasteiger partial charge >= 0.3 is 0 Å². The molecule has 0 unspecified atom stereocenters. The number of anilines is 3. The molecule has 0 aliphatic rings. The van der Waals surface area contributed by atoms with Crippen LogP contribution in [0.15, 0.2) is 79.1 Å². The summed E-state index contributed by atoms with van der Waals surface area (Å²) in [5, 5.41) is 7.26. The van der Waals surface area contributed by atoms with Gasteiger partial charge in [0.1, 0.15) is 28.5 Å². The van der Waals surface area contributed by atoms with Crippen molar-refractivity contribution in [2.45, 2.75) is 6.92 Å². The molecular formula is C28H24N4O3S. The number of carbonyl (C=O) groups excluding carboxylic acids is 1. The van der Waals surface area contributed by atoms with Gasteiger partial charge in [0.05, 0.1) is 31.0 Å². The Morgan fingerprint density at radius 3 is 2.19 bits per heavy atom. The van der Waals surface area contributed by atoms with Crippen LogP contribution in [0.1, 0.15) is 15.2 Å². The van der Waals surface area contributed by atoms with Crippen LogP contribution < -0.4 is 20.1 Å². The lowest BCUT2D eigenvalue weighted by atomic mass is 10.0. The Labute approximate surface area is 212 Å². The summed E-state index contributed by atoms with van der Waals surface area (Å²) in [6.07, 6.45) is 1.55. The lowest BCUT2D eigenvalue weighted by Crippen LogP contribution is -2.13. The van der Waals surface area contributed by atoms with Crippen molar-refractivity contribution in [1.29, 1.82) is 0 Å². The molecule has 5 aromatic rings. The number of fused-ring (bicyclic) bond motifs is 1. The predicted octanol–water partition coefficient (Wildman–Crippen LogP) is 6.68. The van der Waals surface area contributed by atoms with E-state index in [2.05, 4.69) is 39.7 Å². The molecule has 2 N–H and O–H groups in total. The highest BCUT2D eigenvalue weighted by atomic mass is 32.1. The first-order valence-electron chi connectivity index (χ1n) is 11.3. The molecule has 36 heavy (non-hydrogen) atoms. The predicted molar refractivity (Wildman–Crippen MR) is 145 cm³/mol. The van der Waals surface area contributed by atoms with Crippen molar-refractivity contribution < 1.29 is 14.3 Å². The van der Waals surface area contributed by atoms with Crippen LogP contribution in [0.2, 0.25) is 0 Å². The molecule has 7 nitrogen and oxygen atoms in total. The number of amides is 1. The number of aromatic nitrogens is 2. The van der Waals surface area contributed by atoms with E-state index in [0.29, 0.717) is 34.3 Å². The van der Waals surface area contributed by atoms with Gasteiger partial charge in [-0.3, -0.25) is 4.79 Å². The van der Waals surface area contributed by atoms with Gasteiger partial charge in [-0.25, -0.2) is 9.97 Å². The molecule has 1 amide bonds. The summed E-state index contributed by atoms with van der Waals surface area (Å²) >= 11 is 1.63. The first-order chi connectivity index (χ1) is 17.6. The molecule has 0 saturated carbocycles. The lowest BCUT2D eigenvalue weighted by Gasteiger charge is -2.17. The van der Waals surface area contributed by atoms with Crippen molar-refractivity contribution in [2.75, 3.05) is 24.9 Å². The van der Waals surface area contributed by atoms with Gasteiger partial charge in [-0.2, -0.15) is 0 Å². The van der Waals surface area contributed by atoms with Crippen LogP contribution in [-0.2, 0) is 0 Å². The number of rotatable bonds is 7. The molecule has 0 radical (unpaired) electrons. The minimum absolute atomic E-state index is 0.240. The normalized spacial score (nSPS) is 10.8. The third-order valence-corrected chi connectivity index (χ3v) is 6.80. The molecular weight excluding hydrogens is 472 g/mol. The van der Waals surface area contributed by atoms with Crippen molar-refractivity contribution in [3.05, 3.63) is 89.6 Å². The van der Waals surface area contributed by atoms with E-state index >= 15 is 0 Å². The van der Waals surface area contributed by atoms with Gasteiger partial charge in [0.2, 0.25) is 0 Å². The largest absolute Gasteiger partial charge is 0.494 e. The number of hydrogen-bond acceptors (Lipinski definition) is 7. The highest BCUT2D eigenvalue weighted by Crippen LogP contribution is 2.43. The van der Waals surface area contributed by atoms with Crippen LogP contribution in [0, 0.1) is 6.92 Å². The number of methoxy groups -OCH3 is 2. The van der Waals surface area contributed by atoms with E-state index in [1.165, 1.54) is 0 Å². The Morgan fingerprint density at radius 1 is 0.861 bits per heavy atom. The fourth-order valence-corrected chi connectivity index (χ4v) is 5.11. The molecule has 2 heterocycles. The second-order valence-electron chi connectivity index (χ2n) is 8.00. The molecule has 0 aliphatic carbocycles. The molecule has 0 saturated heterocycles. The molecule has 0 spiro atoms. The maximum Gasteiger partial charge on any atom is 0.255 e. The Hall–Kier alpha value is -4.43. The highest BCUT2D eigenvalue weighted by Gasteiger charge is 2.19. The third kappa shape index (κ3) is 4.46. The van der Waals surface area contributed by atoms with E-state index in [1.807, 2.05) is 36.4 Å². The first kappa shape index (κ1) is 23.3. The maximum atomic E-state index is 12.7. The number of carbonyl (C=O) groups is 1. The van der Waals surface area contributed by atoms with E-state index < -0.39 is 0 Å². The van der Waals surface area contributed by atoms with Gasteiger partial charge in [-0.05, 0) is 24.6 Å². The van der Waals surface area contributed by atoms with Crippen LogP contribution >= 0.6 is 11.3 Å². The Balaban J connectivity index is 1.55. The van der Waals surface area contributed by atoms with Crippen molar-refractivity contribution in [1.82, 2.24) is 9.97 Å². The zero-order chi connectivity index (χ0) is 25.1. The zero-order valence-electron chi connectivity index (χ0n) is 20.0. The number of hydrogen-bond donors (Lipinski definition) is 2. The van der Waals surface area contributed by atoms with Crippen molar-refractivity contribution in [2.24, 2.45) is 0 Å². The van der Waals surface area contributed by atoms with E-state index in [-0.39, 0.29) is 5.91 Å². The Bertz CT molecular complexity index is 1540. The van der Waals surface area contributed by atoms with Gasteiger partial charge in [0, 0.05) is 28.1 Å². The monoisotopic (exact) mass is 496 g/mol. The van der Waals surface area contributed by atoms with Crippen LogP contribution in [0.5, 0.6) is 11.5 Å². The lowest BCUT2D eigenvalue weighted by molar-refractivity contribution is 0.102. The van der Waals surface area contributed by atoms with Gasteiger partial charge < -0.3 is 20.1 Å². The van der Waals surface area contributed by atoms with E-state index in [4.69, 9.17) is 9.47 Å². The minimum atomic E-state index is -0.240. The Morgan fingerprint density at radius 2 is 1.50 bits per heavy atom. The summed E-state index contributed by atoms with van der Waals surface area (Å²) in [4.78, 5) is 23.9. The summed E-state index contributed by atoms with van der Waals surface area (Å²) in [5.74, 6) is 1.43. The summed E-state index contributed by atoms with van der Waals surface area (Å²) < 4.78 is 11.3. The first-order valence-corrected chi connectivity index (χ1v) is 12.1. The SMILES string of the molecule is COc1cc(Nc2ncnc3sc(C)c(-c4ccccc4)c23)c(OC)cc1NC(=O)c1ccccc1. The quantitative estimate of drug-likeness (QED) is 0.261. The summed E-state index contributed by atoms with van der Waals surface area (Å²) in [7, 11) is 3.14. The van der Waals surface area contributed by atoms with E-state index in [9.17, 15) is 4.79 Å². The topological polar surface area (TPSA) is 85.4 Å².